The second-order valence-corrected chi connectivity index (χ2v) is 5.16. The number of hydrogen-bond donors (Lipinski definition) is 3. The Bertz CT molecular complexity index is 539. The molecule has 0 aliphatic rings. The molecule has 0 aliphatic carbocycles. The topological polar surface area (TPSA) is 125 Å². The van der Waals surface area contributed by atoms with Gasteiger partial charge in [-0.2, -0.15) is 0 Å². The van der Waals surface area contributed by atoms with E-state index in [1.165, 1.54) is 0 Å². The highest BCUT2D eigenvalue weighted by Gasteiger charge is 2.22. The lowest BCUT2D eigenvalue weighted by Gasteiger charge is -2.17. The zero-order valence-corrected chi connectivity index (χ0v) is 14.4. The van der Waals surface area contributed by atoms with Crippen molar-refractivity contribution in [1.82, 2.24) is 5.32 Å². The van der Waals surface area contributed by atoms with Crippen LogP contribution in [-0.2, 0) is 25.7 Å². The molecule has 2 unspecified atom stereocenters. The normalized spacial score (nSPS) is 12.4. The van der Waals surface area contributed by atoms with Gasteiger partial charge in [0.15, 0.2) is 0 Å². The minimum absolute atomic E-state index is 0. The summed E-state index contributed by atoms with van der Waals surface area (Å²) in [7, 11) is 0. The number of primary amides is 1. The summed E-state index contributed by atoms with van der Waals surface area (Å²) in [4.78, 5) is 34.7. The molecular formula is C16H24ClN3O4. The zero-order valence-electron chi connectivity index (χ0n) is 13.6. The standard InChI is InChI=1S/C16H23N3O4.ClH/c1-2-12(17)16(22)19-13(15(18)21)8-9-14(20)23-10-11-6-4-3-5-7-11;/h3-7,12-13H,2,8-10,17H2,1H3,(H2,18,21)(H,19,22);1H. The van der Waals surface area contributed by atoms with Gasteiger partial charge in [-0.05, 0) is 18.4 Å². The molecule has 0 bridgehead atoms. The van der Waals surface area contributed by atoms with Gasteiger partial charge < -0.3 is 21.5 Å². The molecule has 2 atom stereocenters. The molecule has 0 saturated carbocycles. The molecule has 0 aliphatic heterocycles. The minimum atomic E-state index is -0.940. The van der Waals surface area contributed by atoms with E-state index in [2.05, 4.69) is 5.32 Å². The lowest BCUT2D eigenvalue weighted by Crippen LogP contribution is -2.50. The minimum Gasteiger partial charge on any atom is -0.461 e. The summed E-state index contributed by atoms with van der Waals surface area (Å²) in [5.74, 6) is -1.64. The Hall–Kier alpha value is -2.12. The van der Waals surface area contributed by atoms with Gasteiger partial charge in [-0.25, -0.2) is 0 Å². The molecule has 2 amide bonds. The number of ether oxygens (including phenoxy) is 1. The van der Waals surface area contributed by atoms with E-state index < -0.39 is 29.9 Å². The maximum absolute atomic E-state index is 11.7. The number of carbonyl (C=O) groups excluding carboxylic acids is 3. The average Bonchev–Trinajstić information content (AvgIpc) is 2.56. The summed E-state index contributed by atoms with van der Waals surface area (Å²) in [5.41, 5.74) is 11.7. The molecule has 0 saturated heterocycles. The number of halogens is 1. The van der Waals surface area contributed by atoms with Crippen LogP contribution in [0.15, 0.2) is 30.3 Å². The van der Waals surface area contributed by atoms with Gasteiger partial charge in [0.25, 0.3) is 0 Å². The molecule has 5 N–H and O–H groups in total. The van der Waals surface area contributed by atoms with Gasteiger partial charge in [0, 0.05) is 6.42 Å². The van der Waals surface area contributed by atoms with Crippen LogP contribution in [0.3, 0.4) is 0 Å². The van der Waals surface area contributed by atoms with Crippen molar-refractivity contribution < 1.29 is 19.1 Å². The first-order valence-electron chi connectivity index (χ1n) is 7.48. The van der Waals surface area contributed by atoms with Crippen LogP contribution in [-0.4, -0.2) is 29.9 Å². The van der Waals surface area contributed by atoms with E-state index >= 15 is 0 Å². The summed E-state index contributed by atoms with van der Waals surface area (Å²) < 4.78 is 5.10. The van der Waals surface area contributed by atoms with Gasteiger partial charge in [0.1, 0.15) is 12.6 Å². The van der Waals surface area contributed by atoms with Crippen molar-refractivity contribution in [3.63, 3.8) is 0 Å². The number of nitrogens with one attached hydrogen (secondary N) is 1. The van der Waals surface area contributed by atoms with Gasteiger partial charge in [0.05, 0.1) is 6.04 Å². The number of hydrogen-bond acceptors (Lipinski definition) is 5. The maximum atomic E-state index is 11.7. The van der Waals surface area contributed by atoms with Gasteiger partial charge in [-0.3, -0.25) is 14.4 Å². The van der Waals surface area contributed by atoms with E-state index in [9.17, 15) is 14.4 Å². The molecule has 0 aromatic heterocycles. The van der Waals surface area contributed by atoms with Crippen LogP contribution in [0.1, 0.15) is 31.7 Å². The van der Waals surface area contributed by atoms with Gasteiger partial charge in [-0.15, -0.1) is 12.4 Å². The predicted octanol–water partition coefficient (Wildman–Crippen LogP) is 0.639. The SMILES string of the molecule is CCC(N)C(=O)NC(CCC(=O)OCc1ccccc1)C(N)=O.Cl. The molecule has 0 radical (unpaired) electrons. The van der Waals surface area contributed by atoms with Crippen LogP contribution in [0, 0.1) is 0 Å². The fraction of sp³-hybridized carbons (Fsp3) is 0.438. The number of benzene rings is 1. The number of esters is 1. The molecule has 7 nitrogen and oxygen atoms in total. The third-order valence-corrected chi connectivity index (χ3v) is 3.32. The van der Waals surface area contributed by atoms with E-state index in [0.29, 0.717) is 6.42 Å². The Balaban J connectivity index is 0.00000529. The highest BCUT2D eigenvalue weighted by Crippen LogP contribution is 2.05. The summed E-state index contributed by atoms with van der Waals surface area (Å²) in [6.45, 7) is 1.92. The van der Waals surface area contributed by atoms with Crippen molar-refractivity contribution in [2.45, 2.75) is 44.9 Å². The summed E-state index contributed by atoms with van der Waals surface area (Å²) in [5, 5.41) is 2.45. The van der Waals surface area contributed by atoms with E-state index in [0.717, 1.165) is 5.56 Å². The predicted molar refractivity (Wildman–Crippen MR) is 92.1 cm³/mol. The van der Waals surface area contributed by atoms with Crippen LogP contribution in [0.2, 0.25) is 0 Å². The van der Waals surface area contributed by atoms with Crippen molar-refractivity contribution in [2.24, 2.45) is 11.5 Å². The first-order valence-corrected chi connectivity index (χ1v) is 7.48. The average molecular weight is 358 g/mol. The fourth-order valence-electron chi connectivity index (χ4n) is 1.82. The molecule has 1 aromatic rings. The van der Waals surface area contributed by atoms with E-state index in [1.54, 1.807) is 6.92 Å². The van der Waals surface area contributed by atoms with E-state index in [4.69, 9.17) is 16.2 Å². The highest BCUT2D eigenvalue weighted by atomic mass is 35.5. The summed E-state index contributed by atoms with van der Waals surface area (Å²) in [6.07, 6.45) is 0.490. The zero-order chi connectivity index (χ0) is 17.2. The van der Waals surface area contributed by atoms with Crippen LogP contribution in [0.4, 0.5) is 0 Å². The Kier molecular flexibility index (Phi) is 10.4. The number of amides is 2. The van der Waals surface area contributed by atoms with Crippen molar-refractivity contribution in [3.8, 4) is 0 Å². The van der Waals surface area contributed by atoms with Crippen LogP contribution >= 0.6 is 12.4 Å². The summed E-state index contributed by atoms with van der Waals surface area (Å²) >= 11 is 0. The maximum Gasteiger partial charge on any atom is 0.306 e. The molecule has 0 spiro atoms. The van der Waals surface area contributed by atoms with Crippen LogP contribution in [0.5, 0.6) is 0 Å². The second kappa shape index (κ2) is 11.4. The number of carbonyl (C=O) groups is 3. The van der Waals surface area contributed by atoms with Crippen molar-refractivity contribution in [2.75, 3.05) is 0 Å². The number of nitrogens with two attached hydrogens (primary N) is 2. The molecule has 0 fully saturated rings. The monoisotopic (exact) mass is 357 g/mol. The molecule has 1 rings (SSSR count). The second-order valence-electron chi connectivity index (χ2n) is 5.16. The number of rotatable bonds is 9. The lowest BCUT2D eigenvalue weighted by atomic mass is 10.1. The molecule has 1 aromatic carbocycles. The molecule has 0 heterocycles. The molecule has 24 heavy (non-hydrogen) atoms. The Morgan fingerprint density at radius 1 is 1.21 bits per heavy atom. The Morgan fingerprint density at radius 3 is 2.38 bits per heavy atom. The van der Waals surface area contributed by atoms with Crippen molar-refractivity contribution in [1.29, 1.82) is 0 Å². The van der Waals surface area contributed by atoms with Crippen LogP contribution < -0.4 is 16.8 Å². The Labute approximate surface area is 147 Å². The lowest BCUT2D eigenvalue weighted by molar-refractivity contribution is -0.145. The largest absolute Gasteiger partial charge is 0.461 e. The van der Waals surface area contributed by atoms with Gasteiger partial charge >= 0.3 is 5.97 Å². The van der Waals surface area contributed by atoms with Crippen LogP contribution in [0.25, 0.3) is 0 Å². The highest BCUT2D eigenvalue weighted by molar-refractivity contribution is 5.89. The third kappa shape index (κ3) is 7.94. The molecular weight excluding hydrogens is 334 g/mol. The fourth-order valence-corrected chi connectivity index (χ4v) is 1.82. The van der Waals surface area contributed by atoms with Crippen molar-refractivity contribution in [3.05, 3.63) is 35.9 Å². The summed E-state index contributed by atoms with van der Waals surface area (Å²) in [6, 6.07) is 7.59. The third-order valence-electron chi connectivity index (χ3n) is 3.32. The Morgan fingerprint density at radius 2 is 1.83 bits per heavy atom. The molecule has 134 valence electrons. The first kappa shape index (κ1) is 21.9. The van der Waals surface area contributed by atoms with E-state index in [-0.39, 0.29) is 31.9 Å². The smallest absolute Gasteiger partial charge is 0.306 e. The van der Waals surface area contributed by atoms with Crippen molar-refractivity contribution >= 4 is 30.2 Å². The van der Waals surface area contributed by atoms with Gasteiger partial charge in [0.2, 0.25) is 11.8 Å². The quantitative estimate of drug-likeness (QED) is 0.559. The van der Waals surface area contributed by atoms with Gasteiger partial charge in [-0.1, -0.05) is 37.3 Å². The van der Waals surface area contributed by atoms with E-state index in [1.807, 2.05) is 30.3 Å². The molecule has 8 heteroatoms. The first-order chi connectivity index (χ1) is 10.9.